The summed E-state index contributed by atoms with van der Waals surface area (Å²) in [6.07, 6.45) is 6.22. The van der Waals surface area contributed by atoms with Crippen LogP contribution < -0.4 is 10.7 Å². The molecule has 1 atom stereocenters. The Balaban J connectivity index is 1.67. The van der Waals surface area contributed by atoms with Crippen molar-refractivity contribution in [2.45, 2.75) is 77.3 Å². The Hall–Kier alpha value is -1.61. The number of carbonyl (C=O) groups is 3. The largest absolute Gasteiger partial charge is 0.381 e. The molecule has 0 aromatic carbocycles. The molecule has 0 aromatic heterocycles. The first-order valence-corrected chi connectivity index (χ1v) is 12.5. The van der Waals surface area contributed by atoms with E-state index in [1.165, 1.54) is 0 Å². The normalized spacial score (nSPS) is 23.6. The van der Waals surface area contributed by atoms with Crippen molar-refractivity contribution >= 4 is 34.5 Å². The van der Waals surface area contributed by atoms with Crippen molar-refractivity contribution in [3.05, 3.63) is 0 Å². The van der Waals surface area contributed by atoms with E-state index >= 15 is 0 Å². The van der Waals surface area contributed by atoms with Crippen LogP contribution in [0.1, 0.15) is 65.7 Å². The van der Waals surface area contributed by atoms with Crippen LogP contribution >= 0.6 is 11.8 Å². The summed E-state index contributed by atoms with van der Waals surface area (Å²) in [5.74, 6) is -0.766. The number of amides is 2. The number of carbonyl (C=O) groups excluding carboxylic acids is 3. The summed E-state index contributed by atoms with van der Waals surface area (Å²) in [4.78, 5) is 40.8. The first-order chi connectivity index (χ1) is 14.8. The molecular weight excluding hydrogens is 416 g/mol. The van der Waals surface area contributed by atoms with Gasteiger partial charge in [-0.15, -0.1) is 5.10 Å². The van der Waals surface area contributed by atoms with Gasteiger partial charge in [0.25, 0.3) is 0 Å². The molecule has 0 spiro atoms. The highest BCUT2D eigenvalue weighted by Crippen LogP contribution is 2.27. The third kappa shape index (κ3) is 6.44. The molecule has 1 saturated carbocycles. The van der Waals surface area contributed by atoms with Crippen LogP contribution in [0.3, 0.4) is 0 Å². The molecule has 174 valence electrons. The van der Waals surface area contributed by atoms with E-state index in [1.807, 2.05) is 0 Å². The second kappa shape index (κ2) is 10.8. The number of hydrazone groups is 1. The second-order valence-electron chi connectivity index (χ2n) is 9.64. The van der Waals surface area contributed by atoms with Crippen molar-refractivity contribution in [2.24, 2.45) is 16.9 Å². The average molecular weight is 453 g/mol. The predicted molar refractivity (Wildman–Crippen MR) is 122 cm³/mol. The van der Waals surface area contributed by atoms with E-state index < -0.39 is 17.7 Å². The summed E-state index contributed by atoms with van der Waals surface area (Å²) in [5, 5.41) is 7.88. The van der Waals surface area contributed by atoms with Crippen LogP contribution in [0.4, 0.5) is 0 Å². The lowest BCUT2D eigenvalue weighted by atomic mass is 9.85. The van der Waals surface area contributed by atoms with Crippen LogP contribution in [0.15, 0.2) is 5.10 Å². The van der Waals surface area contributed by atoms with E-state index in [4.69, 9.17) is 4.74 Å². The third-order valence-corrected chi connectivity index (χ3v) is 7.31. The van der Waals surface area contributed by atoms with E-state index in [0.717, 1.165) is 44.4 Å². The molecule has 2 amide bonds. The Bertz CT molecular complexity index is 694. The van der Waals surface area contributed by atoms with Gasteiger partial charge >= 0.3 is 5.91 Å². The van der Waals surface area contributed by atoms with E-state index in [2.05, 4.69) is 41.5 Å². The van der Waals surface area contributed by atoms with Gasteiger partial charge in [-0.2, -0.15) is 0 Å². The van der Waals surface area contributed by atoms with Crippen molar-refractivity contribution in [3.8, 4) is 0 Å². The summed E-state index contributed by atoms with van der Waals surface area (Å²) >= 11 is 1.56. The molecular formula is C22H36N4O4S. The van der Waals surface area contributed by atoms with Gasteiger partial charge in [0.2, 0.25) is 11.7 Å². The fraction of sp³-hybridized carbons (Fsp3) is 0.818. The van der Waals surface area contributed by atoms with Crippen LogP contribution in [0.25, 0.3) is 0 Å². The van der Waals surface area contributed by atoms with Crippen LogP contribution in [0.2, 0.25) is 0 Å². The molecule has 1 unspecified atom stereocenters. The fourth-order valence-corrected chi connectivity index (χ4v) is 5.58. The highest BCUT2D eigenvalue weighted by Gasteiger charge is 2.37. The van der Waals surface area contributed by atoms with Gasteiger partial charge in [-0.05, 0) is 52.4 Å². The van der Waals surface area contributed by atoms with Gasteiger partial charge in [0.15, 0.2) is 5.17 Å². The SMILES string of the molecule is CC(C)(C)N1CCSC1=NNC(=O)C(=O)C(NC(=O)C1CCCCC1)C1CCOCC1. The topological polar surface area (TPSA) is 100 Å². The van der Waals surface area contributed by atoms with E-state index in [-0.39, 0.29) is 23.3 Å². The minimum atomic E-state index is -0.825. The van der Waals surface area contributed by atoms with Gasteiger partial charge in [0, 0.05) is 37.0 Å². The number of hydrogen-bond acceptors (Lipinski definition) is 6. The van der Waals surface area contributed by atoms with Gasteiger partial charge in [0.05, 0.1) is 0 Å². The van der Waals surface area contributed by atoms with Gasteiger partial charge in [-0.1, -0.05) is 31.0 Å². The first kappa shape index (κ1) is 24.0. The van der Waals surface area contributed by atoms with E-state index in [0.29, 0.717) is 31.2 Å². The number of nitrogens with zero attached hydrogens (tertiary/aromatic N) is 2. The number of ketones is 1. The van der Waals surface area contributed by atoms with Crippen LogP contribution in [0.5, 0.6) is 0 Å². The molecule has 9 heteroatoms. The number of rotatable bonds is 6. The Morgan fingerprint density at radius 3 is 2.42 bits per heavy atom. The van der Waals surface area contributed by atoms with E-state index in [9.17, 15) is 14.4 Å². The number of ether oxygens (including phenoxy) is 1. The second-order valence-corrected chi connectivity index (χ2v) is 10.7. The lowest BCUT2D eigenvalue weighted by Gasteiger charge is -2.33. The van der Waals surface area contributed by atoms with Crippen molar-refractivity contribution in [3.63, 3.8) is 0 Å². The number of amidine groups is 1. The van der Waals surface area contributed by atoms with Gasteiger partial charge in [-0.3, -0.25) is 14.4 Å². The maximum atomic E-state index is 13.1. The zero-order valence-corrected chi connectivity index (χ0v) is 19.8. The Morgan fingerprint density at radius 2 is 1.77 bits per heavy atom. The molecule has 1 aliphatic carbocycles. The molecule has 3 fully saturated rings. The monoisotopic (exact) mass is 452 g/mol. The number of thioether (sulfide) groups is 1. The highest BCUT2D eigenvalue weighted by atomic mass is 32.2. The highest BCUT2D eigenvalue weighted by molar-refractivity contribution is 8.14. The summed E-state index contributed by atoms with van der Waals surface area (Å²) in [6.45, 7) is 8.18. The lowest BCUT2D eigenvalue weighted by molar-refractivity contribution is -0.142. The van der Waals surface area contributed by atoms with Gasteiger partial charge in [-0.25, -0.2) is 5.43 Å². The molecule has 0 bridgehead atoms. The molecule has 2 aliphatic heterocycles. The Labute approximate surface area is 189 Å². The van der Waals surface area contributed by atoms with Crippen molar-refractivity contribution in [2.75, 3.05) is 25.5 Å². The lowest BCUT2D eigenvalue weighted by Crippen LogP contribution is -2.53. The number of Topliss-reactive ketones (excluding diaryl/α,β-unsaturated/α-hetero) is 1. The average Bonchev–Trinajstić information content (AvgIpc) is 3.26. The number of hydrogen-bond donors (Lipinski definition) is 2. The maximum Gasteiger partial charge on any atom is 0.309 e. The maximum absolute atomic E-state index is 13.1. The van der Waals surface area contributed by atoms with Gasteiger partial charge < -0.3 is 15.0 Å². The van der Waals surface area contributed by atoms with Crippen LogP contribution in [-0.2, 0) is 19.1 Å². The van der Waals surface area contributed by atoms with Crippen LogP contribution in [-0.4, -0.2) is 64.8 Å². The molecule has 2 heterocycles. The standard InChI is InChI=1S/C22H36N4O4S/c1-22(2,3)26-11-14-31-21(26)25-24-20(29)18(27)17(15-9-12-30-13-10-15)23-19(28)16-7-5-4-6-8-16/h15-17H,4-14H2,1-3H3,(H,23,28)(H,24,29). The molecule has 3 aliphatic rings. The van der Waals surface area contributed by atoms with E-state index in [1.54, 1.807) is 11.8 Å². The number of nitrogens with one attached hydrogen (secondary N) is 2. The molecule has 2 saturated heterocycles. The van der Waals surface area contributed by atoms with Crippen LogP contribution in [0, 0.1) is 11.8 Å². The molecule has 0 radical (unpaired) electrons. The molecule has 8 nitrogen and oxygen atoms in total. The molecule has 3 rings (SSSR count). The van der Waals surface area contributed by atoms with Crippen molar-refractivity contribution in [1.29, 1.82) is 0 Å². The smallest absolute Gasteiger partial charge is 0.309 e. The minimum Gasteiger partial charge on any atom is -0.381 e. The Kier molecular flexibility index (Phi) is 8.38. The van der Waals surface area contributed by atoms with Crippen molar-refractivity contribution < 1.29 is 19.1 Å². The van der Waals surface area contributed by atoms with Crippen molar-refractivity contribution in [1.82, 2.24) is 15.6 Å². The molecule has 0 aromatic rings. The summed E-state index contributed by atoms with van der Waals surface area (Å²) in [6, 6.07) is -0.825. The molecule has 2 N–H and O–H groups in total. The van der Waals surface area contributed by atoms with Gasteiger partial charge in [0.1, 0.15) is 6.04 Å². The molecule has 31 heavy (non-hydrogen) atoms. The summed E-state index contributed by atoms with van der Waals surface area (Å²) in [5.41, 5.74) is 2.34. The first-order valence-electron chi connectivity index (χ1n) is 11.5. The minimum absolute atomic E-state index is 0.0672. The predicted octanol–water partition coefficient (Wildman–Crippen LogP) is 2.28. The summed E-state index contributed by atoms with van der Waals surface area (Å²) in [7, 11) is 0. The fourth-order valence-electron chi connectivity index (χ4n) is 4.49. The zero-order chi connectivity index (χ0) is 22.4. The zero-order valence-electron chi connectivity index (χ0n) is 18.9. The third-order valence-electron chi connectivity index (χ3n) is 6.36. The Morgan fingerprint density at radius 1 is 1.10 bits per heavy atom. The summed E-state index contributed by atoms with van der Waals surface area (Å²) < 4.78 is 5.42. The quantitative estimate of drug-likeness (QED) is 0.474.